The van der Waals surface area contributed by atoms with Gasteiger partial charge >= 0.3 is 0 Å². The first-order chi connectivity index (χ1) is 11.6. The maximum Gasteiger partial charge on any atom is 0.258 e. The molecule has 0 aliphatic carbocycles. The van der Waals surface area contributed by atoms with Crippen molar-refractivity contribution in [3.63, 3.8) is 0 Å². The van der Waals surface area contributed by atoms with Crippen molar-refractivity contribution in [2.75, 3.05) is 0 Å². The number of para-hydroxylation sites is 3. The van der Waals surface area contributed by atoms with Gasteiger partial charge in [-0.3, -0.25) is 4.79 Å². The second-order valence-electron chi connectivity index (χ2n) is 5.67. The zero-order valence-electron chi connectivity index (χ0n) is 13.4. The summed E-state index contributed by atoms with van der Waals surface area (Å²) in [6, 6.07) is 15.4. The molecule has 4 aromatic rings. The molecule has 0 aliphatic rings. The molecule has 0 bridgehead atoms. The summed E-state index contributed by atoms with van der Waals surface area (Å²) in [5, 5.41) is 1.50. The van der Waals surface area contributed by atoms with Crippen molar-refractivity contribution < 1.29 is 0 Å². The van der Waals surface area contributed by atoms with E-state index >= 15 is 0 Å². The van der Waals surface area contributed by atoms with Crippen LogP contribution in [-0.4, -0.2) is 19.5 Å². The van der Waals surface area contributed by atoms with E-state index in [0.29, 0.717) is 16.7 Å². The first-order valence-corrected chi connectivity index (χ1v) is 8.58. The van der Waals surface area contributed by atoms with Crippen LogP contribution in [0.5, 0.6) is 0 Å². The lowest BCUT2D eigenvalue weighted by Crippen LogP contribution is -2.13. The standard InChI is InChI=1S/C18H16N4OS/c1-11(16-19-13-8-4-3-7-12(13)17(23)21-16)24-18-20-14-9-5-6-10-15(14)22(18)2/h3-11H,1-2H3,(H,19,21,23)/t11-/m0/s1. The van der Waals surface area contributed by atoms with Gasteiger partial charge in [0, 0.05) is 7.05 Å². The van der Waals surface area contributed by atoms with Gasteiger partial charge in [-0.05, 0) is 31.2 Å². The molecule has 0 aliphatic heterocycles. The SMILES string of the molecule is C[C@H](Sc1nc2ccccc2n1C)c1nc2ccccc2c(=O)[nH]1. The molecule has 1 N–H and O–H groups in total. The van der Waals surface area contributed by atoms with Crippen LogP contribution in [-0.2, 0) is 7.05 Å². The summed E-state index contributed by atoms with van der Waals surface area (Å²) in [4.78, 5) is 24.4. The Morgan fingerprint density at radius 3 is 2.54 bits per heavy atom. The van der Waals surface area contributed by atoms with Crippen molar-refractivity contribution in [1.82, 2.24) is 19.5 Å². The average Bonchev–Trinajstić information content (AvgIpc) is 2.91. The van der Waals surface area contributed by atoms with E-state index in [-0.39, 0.29) is 10.8 Å². The predicted octanol–water partition coefficient (Wildman–Crippen LogP) is 3.66. The summed E-state index contributed by atoms with van der Waals surface area (Å²) in [5.41, 5.74) is 2.67. The highest BCUT2D eigenvalue weighted by atomic mass is 32.2. The number of nitrogens with one attached hydrogen (secondary N) is 1. The van der Waals surface area contributed by atoms with E-state index in [4.69, 9.17) is 0 Å². The predicted molar refractivity (Wildman–Crippen MR) is 97.3 cm³/mol. The van der Waals surface area contributed by atoms with Gasteiger partial charge in [0.05, 0.1) is 27.2 Å². The summed E-state index contributed by atoms with van der Waals surface area (Å²) in [6.45, 7) is 2.02. The summed E-state index contributed by atoms with van der Waals surface area (Å²) in [5.74, 6) is 0.663. The lowest BCUT2D eigenvalue weighted by Gasteiger charge is -2.11. The Kier molecular flexibility index (Phi) is 3.61. The number of fused-ring (bicyclic) bond motifs is 2. The Morgan fingerprint density at radius 2 is 1.75 bits per heavy atom. The van der Waals surface area contributed by atoms with Gasteiger partial charge < -0.3 is 9.55 Å². The zero-order valence-corrected chi connectivity index (χ0v) is 14.2. The van der Waals surface area contributed by atoms with E-state index in [0.717, 1.165) is 16.2 Å². The molecule has 5 nitrogen and oxygen atoms in total. The molecule has 0 unspecified atom stereocenters. The number of aromatic nitrogens is 4. The number of H-pyrrole nitrogens is 1. The van der Waals surface area contributed by atoms with Crippen LogP contribution in [0.25, 0.3) is 21.9 Å². The van der Waals surface area contributed by atoms with Gasteiger partial charge in [0.1, 0.15) is 5.82 Å². The number of hydrogen-bond acceptors (Lipinski definition) is 4. The van der Waals surface area contributed by atoms with E-state index in [1.54, 1.807) is 17.8 Å². The van der Waals surface area contributed by atoms with E-state index in [2.05, 4.69) is 19.5 Å². The maximum absolute atomic E-state index is 12.2. The van der Waals surface area contributed by atoms with Crippen LogP contribution < -0.4 is 5.56 Å². The lowest BCUT2D eigenvalue weighted by molar-refractivity contribution is 0.806. The molecule has 0 fully saturated rings. The average molecular weight is 336 g/mol. The lowest BCUT2D eigenvalue weighted by atomic mass is 10.2. The van der Waals surface area contributed by atoms with Crippen LogP contribution in [0.1, 0.15) is 18.0 Å². The highest BCUT2D eigenvalue weighted by molar-refractivity contribution is 7.99. The molecular formula is C18H16N4OS. The fourth-order valence-electron chi connectivity index (χ4n) is 2.74. The Labute approximate surface area is 142 Å². The fourth-order valence-corrected chi connectivity index (χ4v) is 3.69. The number of rotatable bonds is 3. The maximum atomic E-state index is 12.2. The van der Waals surface area contributed by atoms with E-state index < -0.39 is 0 Å². The van der Waals surface area contributed by atoms with Gasteiger partial charge in [0.25, 0.3) is 5.56 Å². The van der Waals surface area contributed by atoms with Crippen LogP contribution in [0.3, 0.4) is 0 Å². The number of aromatic amines is 1. The molecule has 1 atom stereocenters. The molecule has 0 saturated heterocycles. The number of thioether (sulfide) groups is 1. The van der Waals surface area contributed by atoms with Gasteiger partial charge in [0.15, 0.2) is 5.16 Å². The topological polar surface area (TPSA) is 63.6 Å². The fraction of sp³-hybridized carbons (Fsp3) is 0.167. The smallest absolute Gasteiger partial charge is 0.258 e. The number of imidazole rings is 1. The molecule has 4 rings (SSSR count). The van der Waals surface area contributed by atoms with Crippen molar-refractivity contribution >= 4 is 33.7 Å². The van der Waals surface area contributed by atoms with Crippen molar-refractivity contribution in [3.8, 4) is 0 Å². The quantitative estimate of drug-likeness (QED) is 0.580. The first kappa shape index (κ1) is 15.0. The van der Waals surface area contributed by atoms with Crippen LogP contribution >= 0.6 is 11.8 Å². The molecule has 24 heavy (non-hydrogen) atoms. The minimum absolute atomic E-state index is 0.0159. The molecule has 0 spiro atoms. The molecular weight excluding hydrogens is 320 g/mol. The molecule has 0 amide bonds. The summed E-state index contributed by atoms with van der Waals surface area (Å²) in [7, 11) is 2.00. The number of benzene rings is 2. The Hall–Kier alpha value is -2.60. The highest BCUT2D eigenvalue weighted by Gasteiger charge is 2.16. The first-order valence-electron chi connectivity index (χ1n) is 7.70. The largest absolute Gasteiger partial charge is 0.322 e. The van der Waals surface area contributed by atoms with Gasteiger partial charge in [-0.2, -0.15) is 0 Å². The van der Waals surface area contributed by atoms with Crippen molar-refractivity contribution in [2.24, 2.45) is 7.05 Å². The number of hydrogen-bond donors (Lipinski definition) is 1. The second-order valence-corrected chi connectivity index (χ2v) is 6.98. The molecule has 0 radical (unpaired) electrons. The Balaban J connectivity index is 1.72. The molecule has 2 aromatic carbocycles. The van der Waals surface area contributed by atoms with Gasteiger partial charge in [0.2, 0.25) is 0 Å². The minimum atomic E-state index is -0.104. The Bertz CT molecular complexity index is 1100. The van der Waals surface area contributed by atoms with Crippen molar-refractivity contribution in [1.29, 1.82) is 0 Å². The molecule has 2 aromatic heterocycles. The molecule has 0 saturated carbocycles. The third-order valence-corrected chi connectivity index (χ3v) is 5.20. The summed E-state index contributed by atoms with van der Waals surface area (Å²) in [6.07, 6.45) is 0. The number of nitrogens with zero attached hydrogens (tertiary/aromatic N) is 3. The van der Waals surface area contributed by atoms with Gasteiger partial charge in [-0.25, -0.2) is 9.97 Å². The molecule has 120 valence electrons. The van der Waals surface area contributed by atoms with Crippen LogP contribution in [0.15, 0.2) is 58.5 Å². The molecule has 6 heteroatoms. The minimum Gasteiger partial charge on any atom is -0.322 e. The third kappa shape index (κ3) is 2.49. The van der Waals surface area contributed by atoms with Crippen LogP contribution in [0.2, 0.25) is 0 Å². The number of aryl methyl sites for hydroxylation is 1. The summed E-state index contributed by atoms with van der Waals surface area (Å²) < 4.78 is 2.07. The Morgan fingerprint density at radius 1 is 1.04 bits per heavy atom. The van der Waals surface area contributed by atoms with Crippen LogP contribution in [0, 0.1) is 0 Å². The van der Waals surface area contributed by atoms with Gasteiger partial charge in [-0.15, -0.1) is 0 Å². The van der Waals surface area contributed by atoms with Gasteiger partial charge in [-0.1, -0.05) is 36.0 Å². The monoisotopic (exact) mass is 336 g/mol. The third-order valence-electron chi connectivity index (χ3n) is 4.04. The van der Waals surface area contributed by atoms with E-state index in [1.807, 2.05) is 56.4 Å². The zero-order chi connectivity index (χ0) is 16.7. The van der Waals surface area contributed by atoms with E-state index in [1.165, 1.54) is 0 Å². The second kappa shape index (κ2) is 5.79. The van der Waals surface area contributed by atoms with Crippen molar-refractivity contribution in [3.05, 3.63) is 64.7 Å². The summed E-state index contributed by atoms with van der Waals surface area (Å²) >= 11 is 1.59. The van der Waals surface area contributed by atoms with E-state index in [9.17, 15) is 4.79 Å². The van der Waals surface area contributed by atoms with Crippen LogP contribution in [0.4, 0.5) is 0 Å². The molecule has 2 heterocycles. The van der Waals surface area contributed by atoms with Crippen molar-refractivity contribution in [2.45, 2.75) is 17.3 Å². The normalized spacial score (nSPS) is 12.8. The highest BCUT2D eigenvalue weighted by Crippen LogP contribution is 2.33.